The van der Waals surface area contributed by atoms with Gasteiger partial charge in [0.25, 0.3) is 5.91 Å². The van der Waals surface area contributed by atoms with Gasteiger partial charge in [0.05, 0.1) is 11.0 Å². The number of benzene rings is 2. The molecule has 0 aliphatic carbocycles. The Morgan fingerprint density at radius 3 is 2.50 bits per heavy atom. The predicted molar refractivity (Wildman–Crippen MR) is 103 cm³/mol. The molecule has 1 atom stereocenters. The largest absolute Gasteiger partial charge is 0.348 e. The number of hydrogen-bond donors (Lipinski definition) is 1. The lowest BCUT2D eigenvalue weighted by Gasteiger charge is -2.11. The van der Waals surface area contributed by atoms with Gasteiger partial charge in [-0.1, -0.05) is 56.3 Å². The third kappa shape index (κ3) is 3.67. The summed E-state index contributed by atoms with van der Waals surface area (Å²) in [7, 11) is 0. The van der Waals surface area contributed by atoms with E-state index in [1.165, 1.54) is 0 Å². The number of Topliss-reactive ketones (excluding diaryl/α,β-unsaturated/α-hetero) is 1. The number of nitrogens with zero attached hydrogens (tertiary/aromatic N) is 2. The second kappa shape index (κ2) is 7.95. The number of carbonyl (C=O) groups is 2. The smallest absolute Gasteiger partial charge is 0.287 e. The van der Waals surface area contributed by atoms with Crippen LogP contribution in [0, 0.1) is 5.92 Å². The molecule has 0 spiro atoms. The zero-order valence-electron chi connectivity index (χ0n) is 15.1. The van der Waals surface area contributed by atoms with Crippen LogP contribution < -0.4 is 5.32 Å². The summed E-state index contributed by atoms with van der Waals surface area (Å²) in [5.74, 6) is -0.255. The number of ketones is 1. The number of rotatable bonds is 7. The molecule has 5 nitrogen and oxygen atoms in total. The summed E-state index contributed by atoms with van der Waals surface area (Å²) in [5.41, 5.74) is 2.94. The minimum absolute atomic E-state index is 0.246. The van der Waals surface area contributed by atoms with Crippen LogP contribution in [0.3, 0.4) is 0 Å². The fourth-order valence-corrected chi connectivity index (χ4v) is 2.89. The molecule has 26 heavy (non-hydrogen) atoms. The first-order valence-electron chi connectivity index (χ1n) is 8.94. The Kier molecular flexibility index (Phi) is 5.46. The van der Waals surface area contributed by atoms with Crippen molar-refractivity contribution in [1.82, 2.24) is 14.9 Å². The zero-order chi connectivity index (χ0) is 18.5. The Balaban J connectivity index is 1.81. The van der Waals surface area contributed by atoms with Gasteiger partial charge in [0.15, 0.2) is 0 Å². The maximum absolute atomic E-state index is 12.0. The molecule has 0 aliphatic rings. The number of aromatic nitrogens is 2. The van der Waals surface area contributed by atoms with Gasteiger partial charge in [0, 0.05) is 24.6 Å². The van der Waals surface area contributed by atoms with E-state index >= 15 is 0 Å². The van der Waals surface area contributed by atoms with Gasteiger partial charge in [0.1, 0.15) is 5.82 Å². The summed E-state index contributed by atoms with van der Waals surface area (Å²) in [6.07, 6.45) is 0.663. The highest BCUT2D eigenvalue weighted by molar-refractivity contribution is 6.36. The van der Waals surface area contributed by atoms with Crippen LogP contribution in [0.25, 0.3) is 22.4 Å². The van der Waals surface area contributed by atoms with Gasteiger partial charge in [-0.3, -0.25) is 9.59 Å². The van der Waals surface area contributed by atoms with Gasteiger partial charge in [-0.15, -0.1) is 0 Å². The highest BCUT2D eigenvalue weighted by Gasteiger charge is 2.19. The molecular formula is C21H23N3O2. The van der Waals surface area contributed by atoms with E-state index in [0.717, 1.165) is 22.4 Å². The third-order valence-electron chi connectivity index (χ3n) is 4.59. The van der Waals surface area contributed by atoms with Crippen LogP contribution in [0.2, 0.25) is 0 Å². The van der Waals surface area contributed by atoms with Crippen molar-refractivity contribution >= 4 is 22.7 Å². The van der Waals surface area contributed by atoms with E-state index in [1.54, 1.807) is 6.92 Å². The fraction of sp³-hybridized carbons (Fsp3) is 0.286. The van der Waals surface area contributed by atoms with Crippen molar-refractivity contribution in [2.45, 2.75) is 26.8 Å². The molecule has 0 bridgehead atoms. The second-order valence-electron chi connectivity index (χ2n) is 6.37. The van der Waals surface area contributed by atoms with Crippen molar-refractivity contribution < 1.29 is 9.59 Å². The van der Waals surface area contributed by atoms with Gasteiger partial charge in [0.2, 0.25) is 5.78 Å². The average molecular weight is 349 g/mol. The molecule has 1 aromatic heterocycles. The molecule has 134 valence electrons. The summed E-state index contributed by atoms with van der Waals surface area (Å²) >= 11 is 0. The van der Waals surface area contributed by atoms with Crippen molar-refractivity contribution in [3.63, 3.8) is 0 Å². The van der Waals surface area contributed by atoms with Crippen molar-refractivity contribution in [3.8, 4) is 11.4 Å². The molecule has 0 fully saturated rings. The Bertz CT molecular complexity index is 915. The Hall–Kier alpha value is -2.95. The second-order valence-corrected chi connectivity index (χ2v) is 6.37. The quantitative estimate of drug-likeness (QED) is 0.665. The van der Waals surface area contributed by atoms with Crippen molar-refractivity contribution in [3.05, 3.63) is 54.6 Å². The average Bonchev–Trinajstić information content (AvgIpc) is 3.06. The molecule has 5 heteroatoms. The van der Waals surface area contributed by atoms with Crippen LogP contribution in [0.15, 0.2) is 54.6 Å². The Morgan fingerprint density at radius 1 is 1.08 bits per heavy atom. The number of carbonyl (C=O) groups excluding carboxylic acids is 2. The van der Waals surface area contributed by atoms with E-state index in [2.05, 4.69) is 9.88 Å². The maximum Gasteiger partial charge on any atom is 0.287 e. The maximum atomic E-state index is 12.0. The molecule has 0 unspecified atom stereocenters. The summed E-state index contributed by atoms with van der Waals surface area (Å²) in [5, 5.41) is 2.74. The van der Waals surface area contributed by atoms with Gasteiger partial charge < -0.3 is 9.88 Å². The first-order valence-corrected chi connectivity index (χ1v) is 8.94. The first kappa shape index (κ1) is 17.9. The van der Waals surface area contributed by atoms with E-state index in [-0.39, 0.29) is 11.7 Å². The summed E-state index contributed by atoms with van der Waals surface area (Å²) in [4.78, 5) is 28.7. The van der Waals surface area contributed by atoms with E-state index in [4.69, 9.17) is 4.98 Å². The molecule has 3 aromatic rings. The highest BCUT2D eigenvalue weighted by Crippen LogP contribution is 2.24. The minimum Gasteiger partial charge on any atom is -0.348 e. The van der Waals surface area contributed by atoms with Crippen LogP contribution in [-0.2, 0) is 16.1 Å². The molecule has 0 radical (unpaired) electrons. The summed E-state index contributed by atoms with van der Waals surface area (Å²) < 4.78 is 2.08. The molecule has 0 saturated heterocycles. The van der Waals surface area contributed by atoms with Crippen LogP contribution in [-0.4, -0.2) is 27.8 Å². The summed E-state index contributed by atoms with van der Waals surface area (Å²) in [6, 6.07) is 17.9. The lowest BCUT2D eigenvalue weighted by molar-refractivity contribution is -0.140. The van der Waals surface area contributed by atoms with E-state index in [9.17, 15) is 9.59 Å². The van der Waals surface area contributed by atoms with Crippen molar-refractivity contribution in [2.24, 2.45) is 5.92 Å². The Labute approximate surface area is 153 Å². The van der Waals surface area contributed by atoms with Gasteiger partial charge >= 0.3 is 0 Å². The number of hydrogen-bond acceptors (Lipinski definition) is 3. The van der Waals surface area contributed by atoms with Crippen molar-refractivity contribution in [1.29, 1.82) is 0 Å². The molecule has 3 rings (SSSR count). The lowest BCUT2D eigenvalue weighted by Crippen LogP contribution is -2.36. The number of amides is 1. The SMILES string of the molecule is CC[C@@H](C)C(=O)C(=O)NCCn1c(-c2ccccc2)nc2ccccc21. The van der Waals surface area contributed by atoms with E-state index in [0.29, 0.717) is 19.5 Å². The standard InChI is InChI=1S/C21H23N3O2/c1-3-15(2)19(25)21(26)22-13-14-24-18-12-8-7-11-17(18)23-20(24)16-9-5-4-6-10-16/h4-12,15H,3,13-14H2,1-2H3,(H,22,26)/t15-/m1/s1. The molecule has 1 heterocycles. The van der Waals surface area contributed by atoms with Gasteiger partial charge in [-0.25, -0.2) is 4.98 Å². The minimum atomic E-state index is -0.509. The predicted octanol–water partition coefficient (Wildman–Crippen LogP) is 3.43. The molecule has 0 aliphatic heterocycles. The van der Waals surface area contributed by atoms with E-state index < -0.39 is 5.91 Å². The van der Waals surface area contributed by atoms with Gasteiger partial charge in [-0.2, -0.15) is 0 Å². The zero-order valence-corrected chi connectivity index (χ0v) is 15.1. The number of fused-ring (bicyclic) bond motifs is 1. The molecular weight excluding hydrogens is 326 g/mol. The normalized spacial score (nSPS) is 12.1. The van der Waals surface area contributed by atoms with Crippen molar-refractivity contribution in [2.75, 3.05) is 6.54 Å². The van der Waals surface area contributed by atoms with Crippen LogP contribution in [0.1, 0.15) is 20.3 Å². The third-order valence-corrected chi connectivity index (χ3v) is 4.59. The van der Waals surface area contributed by atoms with E-state index in [1.807, 2.05) is 61.5 Å². The number of para-hydroxylation sites is 2. The molecule has 1 amide bonds. The topological polar surface area (TPSA) is 64.0 Å². The molecule has 2 aromatic carbocycles. The van der Waals surface area contributed by atoms with Gasteiger partial charge in [-0.05, 0) is 18.6 Å². The Morgan fingerprint density at radius 2 is 1.77 bits per heavy atom. The van der Waals surface area contributed by atoms with Crippen LogP contribution in [0.4, 0.5) is 0 Å². The number of imidazole rings is 1. The highest BCUT2D eigenvalue weighted by atomic mass is 16.2. The number of nitrogens with one attached hydrogen (secondary N) is 1. The summed E-state index contributed by atoms with van der Waals surface area (Å²) in [6.45, 7) is 4.60. The lowest BCUT2D eigenvalue weighted by atomic mass is 10.0. The van der Waals surface area contributed by atoms with Crippen LogP contribution in [0.5, 0.6) is 0 Å². The molecule has 0 saturated carbocycles. The monoisotopic (exact) mass is 349 g/mol. The first-order chi connectivity index (χ1) is 12.6. The fourth-order valence-electron chi connectivity index (χ4n) is 2.89. The molecule has 1 N–H and O–H groups in total. The van der Waals surface area contributed by atoms with Crippen LogP contribution >= 0.6 is 0 Å².